The number of rotatable bonds is 7. The van der Waals surface area contributed by atoms with E-state index < -0.39 is 0 Å². The monoisotopic (exact) mass is 384 g/mol. The Balaban J connectivity index is 1.66. The number of hydrogen-bond acceptors (Lipinski definition) is 4. The molecule has 2 amide bonds. The lowest BCUT2D eigenvalue weighted by Crippen LogP contribution is -2.46. The van der Waals surface area contributed by atoms with Gasteiger partial charge in [-0.25, -0.2) is 0 Å². The fraction of sp³-hybridized carbons (Fsp3) is 0.476. The first-order valence-corrected chi connectivity index (χ1v) is 9.67. The summed E-state index contributed by atoms with van der Waals surface area (Å²) in [6, 6.07) is 7.70. The average Bonchev–Trinajstić information content (AvgIpc) is 3.12. The molecule has 0 radical (unpaired) electrons. The summed E-state index contributed by atoms with van der Waals surface area (Å²) in [7, 11) is 3.49. The van der Waals surface area contributed by atoms with Crippen LogP contribution in [0.3, 0.4) is 0 Å². The van der Waals surface area contributed by atoms with Gasteiger partial charge in [-0.2, -0.15) is 5.10 Å². The second kappa shape index (κ2) is 8.91. The second-order valence-electron chi connectivity index (χ2n) is 7.24. The summed E-state index contributed by atoms with van der Waals surface area (Å²) in [6.07, 6.45) is 4.73. The molecule has 0 saturated carbocycles. The van der Waals surface area contributed by atoms with Gasteiger partial charge in [0.25, 0.3) is 0 Å². The Morgan fingerprint density at radius 3 is 2.86 bits per heavy atom. The number of amides is 2. The van der Waals surface area contributed by atoms with Gasteiger partial charge < -0.3 is 14.5 Å². The van der Waals surface area contributed by atoms with Crippen molar-refractivity contribution in [3.63, 3.8) is 0 Å². The lowest BCUT2D eigenvalue weighted by atomic mass is 9.95. The van der Waals surface area contributed by atoms with E-state index in [0.29, 0.717) is 39.0 Å². The van der Waals surface area contributed by atoms with Crippen molar-refractivity contribution in [2.75, 3.05) is 20.2 Å². The first-order chi connectivity index (χ1) is 13.5. The first-order valence-electron chi connectivity index (χ1n) is 9.67. The van der Waals surface area contributed by atoms with Crippen LogP contribution in [0.2, 0.25) is 0 Å². The highest BCUT2D eigenvalue weighted by Crippen LogP contribution is 2.23. The average molecular weight is 384 g/mol. The van der Waals surface area contributed by atoms with E-state index in [4.69, 9.17) is 4.74 Å². The Morgan fingerprint density at radius 2 is 2.18 bits per heavy atom. The molecule has 0 bridgehead atoms. The quantitative estimate of drug-likeness (QED) is 0.734. The Hall–Kier alpha value is -2.83. The van der Waals surface area contributed by atoms with Crippen molar-refractivity contribution in [1.82, 2.24) is 19.6 Å². The summed E-state index contributed by atoms with van der Waals surface area (Å²) in [5, 5.41) is 4.17. The topological polar surface area (TPSA) is 67.7 Å². The third-order valence-corrected chi connectivity index (χ3v) is 5.18. The molecular formula is C21H28N4O3. The van der Waals surface area contributed by atoms with E-state index >= 15 is 0 Å². The minimum Gasteiger partial charge on any atom is -0.497 e. The van der Waals surface area contributed by atoms with Crippen molar-refractivity contribution in [3.8, 4) is 5.75 Å². The van der Waals surface area contributed by atoms with Gasteiger partial charge >= 0.3 is 0 Å². The predicted octanol–water partition coefficient (Wildman–Crippen LogP) is 2.22. The number of ether oxygens (including phenoxy) is 1. The molecule has 7 nitrogen and oxygen atoms in total. The molecule has 1 aliphatic rings. The van der Waals surface area contributed by atoms with Gasteiger partial charge in [-0.1, -0.05) is 12.1 Å². The third-order valence-electron chi connectivity index (χ3n) is 5.18. The molecule has 1 aromatic heterocycles. The van der Waals surface area contributed by atoms with Crippen molar-refractivity contribution in [1.29, 1.82) is 0 Å². The number of aryl methyl sites for hydroxylation is 1. The van der Waals surface area contributed by atoms with Crippen molar-refractivity contribution in [3.05, 3.63) is 47.8 Å². The fourth-order valence-corrected chi connectivity index (χ4v) is 3.64. The summed E-state index contributed by atoms with van der Waals surface area (Å²) in [5.41, 5.74) is 2.02. The smallest absolute Gasteiger partial charge is 0.227 e. The number of aromatic nitrogens is 2. The molecule has 3 rings (SSSR count). The van der Waals surface area contributed by atoms with E-state index in [1.165, 1.54) is 0 Å². The first kappa shape index (κ1) is 19.9. The van der Waals surface area contributed by atoms with Crippen LogP contribution in [0.1, 0.15) is 30.9 Å². The number of likely N-dealkylation sites (tertiary alicyclic amines) is 1. The summed E-state index contributed by atoms with van der Waals surface area (Å²) in [6.45, 7) is 4.11. The lowest BCUT2D eigenvalue weighted by molar-refractivity contribution is -0.143. The van der Waals surface area contributed by atoms with Crippen LogP contribution in [-0.2, 0) is 29.7 Å². The lowest BCUT2D eigenvalue weighted by Gasteiger charge is -2.34. The molecule has 0 N–H and O–H groups in total. The molecule has 0 aliphatic carbocycles. The SMILES string of the molecule is CCN(Cc1cnn(C)c1)C(=O)[C@@H]1CCC(=O)N(Cc2cccc(OC)c2)C1. The van der Waals surface area contributed by atoms with Crippen molar-refractivity contribution < 1.29 is 14.3 Å². The zero-order valence-electron chi connectivity index (χ0n) is 16.8. The standard InChI is InChI=1S/C21H28N4O3/c1-4-24(14-17-11-22-23(2)12-17)21(27)18-8-9-20(26)25(15-18)13-16-6-5-7-19(10-16)28-3/h5-7,10-12,18H,4,8-9,13-15H2,1-3H3/t18-/m1/s1. The molecule has 7 heteroatoms. The summed E-state index contributed by atoms with van der Waals surface area (Å²) in [5.74, 6) is 0.805. The van der Waals surface area contributed by atoms with E-state index in [1.807, 2.05) is 49.3 Å². The Labute approximate surface area is 165 Å². The van der Waals surface area contributed by atoms with Gasteiger partial charge in [0.2, 0.25) is 11.8 Å². The highest BCUT2D eigenvalue weighted by molar-refractivity contribution is 5.84. The molecule has 2 heterocycles. The fourth-order valence-electron chi connectivity index (χ4n) is 3.64. The van der Waals surface area contributed by atoms with E-state index in [0.717, 1.165) is 16.9 Å². The third kappa shape index (κ3) is 4.71. The van der Waals surface area contributed by atoms with E-state index in [2.05, 4.69) is 5.10 Å². The highest BCUT2D eigenvalue weighted by atomic mass is 16.5. The molecule has 1 aromatic carbocycles. The molecule has 1 fully saturated rings. The largest absolute Gasteiger partial charge is 0.497 e. The Morgan fingerprint density at radius 1 is 1.36 bits per heavy atom. The van der Waals surface area contributed by atoms with E-state index in [9.17, 15) is 9.59 Å². The molecule has 28 heavy (non-hydrogen) atoms. The number of methoxy groups -OCH3 is 1. The number of carbonyl (C=O) groups is 2. The minimum absolute atomic E-state index is 0.0992. The maximum Gasteiger partial charge on any atom is 0.227 e. The number of carbonyl (C=O) groups excluding carboxylic acids is 2. The van der Waals surface area contributed by atoms with E-state index in [1.54, 1.807) is 22.9 Å². The van der Waals surface area contributed by atoms with Crippen LogP contribution < -0.4 is 4.74 Å². The Bertz CT molecular complexity index is 833. The van der Waals surface area contributed by atoms with Gasteiger partial charge in [0.05, 0.1) is 19.2 Å². The van der Waals surface area contributed by atoms with Crippen LogP contribution in [0.25, 0.3) is 0 Å². The molecular weight excluding hydrogens is 356 g/mol. The maximum absolute atomic E-state index is 13.1. The molecule has 1 saturated heterocycles. The van der Waals surface area contributed by atoms with Gasteiger partial charge in [0.1, 0.15) is 5.75 Å². The summed E-state index contributed by atoms with van der Waals surface area (Å²) < 4.78 is 7.00. The summed E-state index contributed by atoms with van der Waals surface area (Å²) >= 11 is 0. The van der Waals surface area contributed by atoms with Crippen LogP contribution in [-0.4, -0.2) is 51.6 Å². The van der Waals surface area contributed by atoms with Crippen LogP contribution in [0.15, 0.2) is 36.7 Å². The predicted molar refractivity (Wildman–Crippen MR) is 105 cm³/mol. The van der Waals surface area contributed by atoms with Crippen molar-refractivity contribution in [2.24, 2.45) is 13.0 Å². The Kier molecular flexibility index (Phi) is 6.34. The van der Waals surface area contributed by atoms with Gasteiger partial charge in [0, 0.05) is 51.4 Å². The van der Waals surface area contributed by atoms with Crippen LogP contribution in [0.5, 0.6) is 5.75 Å². The minimum atomic E-state index is -0.167. The van der Waals surface area contributed by atoms with Crippen LogP contribution in [0, 0.1) is 5.92 Å². The summed E-state index contributed by atoms with van der Waals surface area (Å²) in [4.78, 5) is 29.1. The van der Waals surface area contributed by atoms with Crippen molar-refractivity contribution in [2.45, 2.75) is 32.9 Å². The highest BCUT2D eigenvalue weighted by Gasteiger charge is 2.32. The normalized spacial score (nSPS) is 16.9. The number of hydrogen-bond donors (Lipinski definition) is 0. The molecule has 1 aliphatic heterocycles. The number of nitrogens with zero attached hydrogens (tertiary/aromatic N) is 4. The molecule has 0 unspecified atom stereocenters. The van der Waals surface area contributed by atoms with Crippen LogP contribution in [0.4, 0.5) is 0 Å². The molecule has 1 atom stereocenters. The van der Waals surface area contributed by atoms with Gasteiger partial charge in [-0.15, -0.1) is 0 Å². The van der Waals surface area contributed by atoms with Crippen LogP contribution >= 0.6 is 0 Å². The zero-order valence-corrected chi connectivity index (χ0v) is 16.8. The number of benzene rings is 1. The maximum atomic E-state index is 13.1. The number of piperidine rings is 1. The van der Waals surface area contributed by atoms with E-state index in [-0.39, 0.29) is 17.7 Å². The molecule has 0 spiro atoms. The zero-order chi connectivity index (χ0) is 20.1. The molecule has 150 valence electrons. The van der Waals surface area contributed by atoms with Crippen molar-refractivity contribution >= 4 is 11.8 Å². The second-order valence-corrected chi connectivity index (χ2v) is 7.24. The molecule has 2 aromatic rings. The van der Waals surface area contributed by atoms with Gasteiger partial charge in [-0.3, -0.25) is 14.3 Å². The van der Waals surface area contributed by atoms with Gasteiger partial charge in [-0.05, 0) is 31.0 Å². The van der Waals surface area contributed by atoms with Gasteiger partial charge in [0.15, 0.2) is 0 Å².